The van der Waals surface area contributed by atoms with Crippen molar-refractivity contribution in [3.63, 3.8) is 0 Å². The maximum absolute atomic E-state index is 6.06. The van der Waals surface area contributed by atoms with Gasteiger partial charge >= 0.3 is 0 Å². The summed E-state index contributed by atoms with van der Waals surface area (Å²) < 4.78 is 5.28. The fraction of sp³-hybridized carbons (Fsp3) is 0.682. The monoisotopic (exact) mass is 414 g/mol. The van der Waals surface area contributed by atoms with Gasteiger partial charge in [0.05, 0.1) is 19.8 Å². The lowest BCUT2D eigenvalue weighted by molar-refractivity contribution is -0.139. The molecule has 3 aliphatic rings. The molecule has 1 saturated carbocycles. The molecule has 0 amide bonds. The van der Waals surface area contributed by atoms with Gasteiger partial charge in [0, 0.05) is 56.1 Å². The van der Waals surface area contributed by atoms with Crippen LogP contribution in [0.2, 0.25) is 0 Å². The second-order valence-electron chi connectivity index (χ2n) is 8.26. The number of aryl methyl sites for hydroxylation is 1. The molecule has 0 radical (unpaired) electrons. The third-order valence-corrected chi connectivity index (χ3v) is 6.10. The van der Waals surface area contributed by atoms with Crippen LogP contribution in [0, 0.1) is 6.92 Å². The number of hydrogen-bond donors (Lipinski definition) is 0. The third-order valence-electron chi connectivity index (χ3n) is 6.10. The zero-order valence-electron chi connectivity index (χ0n) is 18.3. The van der Waals surface area contributed by atoms with Gasteiger partial charge in [-0.3, -0.25) is 19.8 Å². The van der Waals surface area contributed by atoms with Crippen LogP contribution in [0.25, 0.3) is 0 Å². The van der Waals surface area contributed by atoms with Crippen LogP contribution in [0.5, 0.6) is 5.88 Å². The second kappa shape index (κ2) is 10.2. The highest BCUT2D eigenvalue weighted by molar-refractivity contribution is 5.91. The van der Waals surface area contributed by atoms with Gasteiger partial charge < -0.3 is 9.64 Å². The van der Waals surface area contributed by atoms with E-state index in [2.05, 4.69) is 24.8 Å². The molecular formula is C22H34N6O2. The molecule has 2 fully saturated rings. The molecule has 0 N–H and O–H groups in total. The number of anilines is 1. The molecule has 1 aliphatic carbocycles. The quantitative estimate of drug-likeness (QED) is 0.606. The van der Waals surface area contributed by atoms with E-state index in [4.69, 9.17) is 9.57 Å². The number of methoxy groups -OCH3 is 1. The zero-order valence-corrected chi connectivity index (χ0v) is 18.3. The number of hydrogen-bond acceptors (Lipinski definition) is 8. The predicted molar refractivity (Wildman–Crippen MR) is 118 cm³/mol. The Labute approximate surface area is 179 Å². The molecule has 1 saturated heterocycles. The fourth-order valence-electron chi connectivity index (χ4n) is 4.38. The van der Waals surface area contributed by atoms with E-state index >= 15 is 0 Å². The Kier molecular flexibility index (Phi) is 7.17. The first-order valence-corrected chi connectivity index (χ1v) is 11.2. The average Bonchev–Trinajstić information content (AvgIpc) is 2.79. The fourth-order valence-corrected chi connectivity index (χ4v) is 4.38. The first kappa shape index (κ1) is 21.1. The Morgan fingerprint density at radius 3 is 2.80 bits per heavy atom. The maximum Gasteiger partial charge on any atom is 0.228 e. The molecule has 0 aromatic carbocycles. The van der Waals surface area contributed by atoms with Crippen LogP contribution < -0.4 is 9.64 Å². The van der Waals surface area contributed by atoms with Crippen LogP contribution in [0.15, 0.2) is 23.5 Å². The smallest absolute Gasteiger partial charge is 0.228 e. The molecule has 2 aliphatic heterocycles. The lowest BCUT2D eigenvalue weighted by atomic mass is 9.92. The molecule has 4 rings (SSSR count). The van der Waals surface area contributed by atoms with Crippen molar-refractivity contribution in [3.05, 3.63) is 24.2 Å². The molecule has 1 aromatic heterocycles. The number of aromatic nitrogens is 2. The summed E-state index contributed by atoms with van der Waals surface area (Å²) >= 11 is 0. The Bertz CT molecular complexity index is 760. The third kappa shape index (κ3) is 5.29. The number of fused-ring (bicyclic) bond motifs is 1. The summed E-state index contributed by atoms with van der Waals surface area (Å²) in [7, 11) is 1.65. The highest BCUT2D eigenvalue weighted by atomic mass is 16.7. The standard InChI is InChI=1S/C22H34N6O2/c1-18-17-21(29-2)25-22(24-18)27-14-12-26(13-15-27)10-5-6-16-30-28-11-9-23-19-7-3-4-8-20(19)28/h9,11,17,20H,3-8,10,12-16H2,1-2H3. The second-order valence-corrected chi connectivity index (χ2v) is 8.26. The molecule has 30 heavy (non-hydrogen) atoms. The molecule has 8 nitrogen and oxygen atoms in total. The van der Waals surface area contributed by atoms with E-state index in [1.54, 1.807) is 7.11 Å². The number of piperazine rings is 1. The van der Waals surface area contributed by atoms with Gasteiger partial charge in [0.2, 0.25) is 11.8 Å². The minimum atomic E-state index is 0.360. The summed E-state index contributed by atoms with van der Waals surface area (Å²) in [6, 6.07) is 2.22. The number of hydroxylamine groups is 2. The summed E-state index contributed by atoms with van der Waals surface area (Å²) in [6.45, 7) is 7.84. The lowest BCUT2D eigenvalue weighted by Gasteiger charge is -2.35. The van der Waals surface area contributed by atoms with Crippen molar-refractivity contribution in [2.75, 3.05) is 51.3 Å². The SMILES string of the molecule is COc1cc(C)nc(N2CCN(CCCCON3C=CN=C4CCCCC43)CC2)n1. The largest absolute Gasteiger partial charge is 0.481 e. The normalized spacial score (nSPS) is 22.1. The van der Waals surface area contributed by atoms with Gasteiger partial charge in [0.25, 0.3) is 0 Å². The van der Waals surface area contributed by atoms with Crippen molar-refractivity contribution >= 4 is 11.7 Å². The van der Waals surface area contributed by atoms with Gasteiger partial charge in [-0.25, -0.2) is 4.98 Å². The first-order valence-electron chi connectivity index (χ1n) is 11.2. The molecule has 8 heteroatoms. The predicted octanol–water partition coefficient (Wildman–Crippen LogP) is 2.80. The summed E-state index contributed by atoms with van der Waals surface area (Å²) in [4.78, 5) is 24.4. The molecule has 1 unspecified atom stereocenters. The summed E-state index contributed by atoms with van der Waals surface area (Å²) in [5.41, 5.74) is 2.23. The molecule has 1 atom stereocenters. The summed E-state index contributed by atoms with van der Waals surface area (Å²) in [6.07, 6.45) is 10.9. The van der Waals surface area contributed by atoms with Crippen LogP contribution in [0.3, 0.4) is 0 Å². The van der Waals surface area contributed by atoms with Crippen LogP contribution >= 0.6 is 0 Å². The van der Waals surface area contributed by atoms with Crippen LogP contribution in [-0.4, -0.2) is 78.1 Å². The van der Waals surface area contributed by atoms with Gasteiger partial charge in [0.15, 0.2) is 0 Å². The lowest BCUT2D eigenvalue weighted by Crippen LogP contribution is -2.47. The number of unbranched alkanes of at least 4 members (excludes halogenated alkanes) is 1. The van der Waals surface area contributed by atoms with E-state index in [1.807, 2.05) is 30.5 Å². The van der Waals surface area contributed by atoms with Gasteiger partial charge in [-0.05, 0) is 45.6 Å². The maximum atomic E-state index is 6.06. The van der Waals surface area contributed by atoms with E-state index in [1.165, 1.54) is 18.6 Å². The Morgan fingerprint density at radius 2 is 1.97 bits per heavy atom. The minimum absolute atomic E-state index is 0.360. The highest BCUT2D eigenvalue weighted by Gasteiger charge is 2.27. The minimum Gasteiger partial charge on any atom is -0.481 e. The van der Waals surface area contributed by atoms with Crippen molar-refractivity contribution in [2.24, 2.45) is 4.99 Å². The number of rotatable bonds is 8. The highest BCUT2D eigenvalue weighted by Crippen LogP contribution is 2.24. The number of aliphatic imine (C=N–C) groups is 1. The Hall–Kier alpha value is -2.19. The van der Waals surface area contributed by atoms with E-state index in [-0.39, 0.29) is 0 Å². The summed E-state index contributed by atoms with van der Waals surface area (Å²) in [5, 5.41) is 2.04. The zero-order chi connectivity index (χ0) is 20.8. The Balaban J connectivity index is 1.13. The van der Waals surface area contributed by atoms with E-state index in [9.17, 15) is 0 Å². The molecule has 0 spiro atoms. The molecular weight excluding hydrogens is 380 g/mol. The van der Waals surface area contributed by atoms with E-state index in [0.717, 1.165) is 76.7 Å². The van der Waals surface area contributed by atoms with E-state index < -0.39 is 0 Å². The Morgan fingerprint density at radius 1 is 1.10 bits per heavy atom. The van der Waals surface area contributed by atoms with Crippen molar-refractivity contribution < 1.29 is 9.57 Å². The first-order chi connectivity index (χ1) is 14.7. The van der Waals surface area contributed by atoms with Gasteiger partial charge in [-0.2, -0.15) is 4.98 Å². The van der Waals surface area contributed by atoms with Crippen LogP contribution in [0.1, 0.15) is 44.2 Å². The number of nitrogens with zero attached hydrogens (tertiary/aromatic N) is 6. The van der Waals surface area contributed by atoms with Crippen molar-refractivity contribution in [2.45, 2.75) is 51.5 Å². The molecule has 164 valence electrons. The van der Waals surface area contributed by atoms with Crippen molar-refractivity contribution in [1.29, 1.82) is 0 Å². The topological polar surface area (TPSA) is 66.3 Å². The summed E-state index contributed by atoms with van der Waals surface area (Å²) in [5.74, 6) is 1.41. The van der Waals surface area contributed by atoms with Crippen LogP contribution in [0.4, 0.5) is 5.95 Å². The number of ether oxygens (including phenoxy) is 1. The van der Waals surface area contributed by atoms with Crippen molar-refractivity contribution in [1.82, 2.24) is 19.9 Å². The van der Waals surface area contributed by atoms with Gasteiger partial charge in [-0.1, -0.05) is 6.42 Å². The van der Waals surface area contributed by atoms with Crippen molar-refractivity contribution in [3.8, 4) is 5.88 Å². The molecule has 1 aromatic rings. The van der Waals surface area contributed by atoms with Gasteiger partial charge in [0.1, 0.15) is 0 Å². The molecule has 0 bridgehead atoms. The average molecular weight is 415 g/mol. The molecule has 3 heterocycles. The van der Waals surface area contributed by atoms with Gasteiger partial charge in [-0.15, -0.1) is 0 Å². The van der Waals surface area contributed by atoms with E-state index in [0.29, 0.717) is 11.9 Å². The van der Waals surface area contributed by atoms with Crippen LogP contribution in [-0.2, 0) is 4.84 Å².